The van der Waals surface area contributed by atoms with Gasteiger partial charge < -0.3 is 5.32 Å². The first-order chi connectivity index (χ1) is 7.00. The van der Waals surface area contributed by atoms with Crippen LogP contribution >= 0.6 is 27.3 Å². The van der Waals surface area contributed by atoms with E-state index in [4.69, 9.17) is 0 Å². The van der Waals surface area contributed by atoms with Gasteiger partial charge in [-0.1, -0.05) is 29.8 Å². The highest BCUT2D eigenvalue weighted by Gasteiger charge is 2.18. The van der Waals surface area contributed by atoms with E-state index in [9.17, 15) is 4.79 Å². The summed E-state index contributed by atoms with van der Waals surface area (Å²) in [6.07, 6.45) is 0. The summed E-state index contributed by atoms with van der Waals surface area (Å²) in [7, 11) is 0. The summed E-state index contributed by atoms with van der Waals surface area (Å²) in [5, 5.41) is 5.84. The Morgan fingerprint density at radius 1 is 1.67 bits per heavy atom. The Kier molecular flexibility index (Phi) is 4.73. The average Bonchev–Trinajstić information content (AvgIpc) is 2.59. The number of hydrogen-bond donors (Lipinski definition) is 1. The summed E-state index contributed by atoms with van der Waals surface area (Å²) in [5.74, 6) is 0.317. The van der Waals surface area contributed by atoms with Gasteiger partial charge in [0.05, 0.1) is 22.1 Å². The predicted octanol–water partition coefficient (Wildman–Crippen LogP) is 2.49. The second kappa shape index (κ2) is 5.61. The van der Waals surface area contributed by atoms with Crippen LogP contribution in [0.25, 0.3) is 0 Å². The molecule has 0 spiro atoms. The van der Waals surface area contributed by atoms with Gasteiger partial charge in [-0.05, 0) is 12.8 Å². The SMILES string of the molecule is Cc1nc(CNC(=O)C(Br)C(C)C)cs1. The van der Waals surface area contributed by atoms with Gasteiger partial charge in [0.25, 0.3) is 0 Å². The summed E-state index contributed by atoms with van der Waals surface area (Å²) in [4.78, 5) is 15.7. The van der Waals surface area contributed by atoms with Crippen LogP contribution in [0, 0.1) is 12.8 Å². The quantitative estimate of drug-likeness (QED) is 0.866. The number of carbonyl (C=O) groups excluding carboxylic acids is 1. The van der Waals surface area contributed by atoms with Crippen LogP contribution in [-0.2, 0) is 11.3 Å². The molecule has 1 aromatic heterocycles. The number of amides is 1. The Balaban J connectivity index is 2.40. The molecular formula is C10H15BrN2OS. The summed E-state index contributed by atoms with van der Waals surface area (Å²) in [6.45, 7) is 6.48. The molecule has 1 unspecified atom stereocenters. The zero-order chi connectivity index (χ0) is 11.4. The largest absolute Gasteiger partial charge is 0.349 e. The van der Waals surface area contributed by atoms with Crippen molar-refractivity contribution in [2.24, 2.45) is 5.92 Å². The lowest BCUT2D eigenvalue weighted by atomic mass is 10.1. The van der Waals surface area contributed by atoms with Gasteiger partial charge in [-0.3, -0.25) is 4.79 Å². The van der Waals surface area contributed by atoms with Crippen molar-refractivity contribution in [1.29, 1.82) is 0 Å². The number of halogens is 1. The summed E-state index contributed by atoms with van der Waals surface area (Å²) < 4.78 is 0. The maximum Gasteiger partial charge on any atom is 0.234 e. The lowest BCUT2D eigenvalue weighted by molar-refractivity contribution is -0.121. The second-order valence-electron chi connectivity index (χ2n) is 3.72. The third-order valence-electron chi connectivity index (χ3n) is 1.95. The maximum absolute atomic E-state index is 11.6. The first-order valence-electron chi connectivity index (χ1n) is 4.83. The molecule has 5 heteroatoms. The minimum Gasteiger partial charge on any atom is -0.349 e. The van der Waals surface area contributed by atoms with Gasteiger partial charge in [-0.2, -0.15) is 0 Å². The van der Waals surface area contributed by atoms with Crippen molar-refractivity contribution in [3.8, 4) is 0 Å². The number of aromatic nitrogens is 1. The third-order valence-corrected chi connectivity index (χ3v) is 4.24. The summed E-state index contributed by atoms with van der Waals surface area (Å²) in [5.41, 5.74) is 0.925. The highest BCUT2D eigenvalue weighted by molar-refractivity contribution is 9.10. The van der Waals surface area contributed by atoms with Crippen LogP contribution in [0.2, 0.25) is 0 Å². The highest BCUT2D eigenvalue weighted by atomic mass is 79.9. The fourth-order valence-electron chi connectivity index (χ4n) is 1.07. The van der Waals surface area contributed by atoms with E-state index in [-0.39, 0.29) is 10.7 Å². The standard InChI is InChI=1S/C10H15BrN2OS/c1-6(2)9(11)10(14)12-4-8-5-15-7(3)13-8/h5-6,9H,4H2,1-3H3,(H,12,14). The molecule has 0 fully saturated rings. The number of nitrogens with one attached hydrogen (secondary N) is 1. The Hall–Kier alpha value is -0.420. The van der Waals surface area contributed by atoms with Gasteiger partial charge in [0.15, 0.2) is 0 Å². The van der Waals surface area contributed by atoms with E-state index in [0.717, 1.165) is 10.7 Å². The van der Waals surface area contributed by atoms with Crippen molar-refractivity contribution in [1.82, 2.24) is 10.3 Å². The fraction of sp³-hybridized carbons (Fsp3) is 0.600. The molecule has 1 amide bonds. The molecule has 0 aromatic carbocycles. The van der Waals surface area contributed by atoms with Crippen molar-refractivity contribution >= 4 is 33.2 Å². The molecule has 0 saturated heterocycles. The first kappa shape index (κ1) is 12.6. The molecular weight excluding hydrogens is 276 g/mol. The van der Waals surface area contributed by atoms with E-state index in [2.05, 4.69) is 26.2 Å². The topological polar surface area (TPSA) is 42.0 Å². The first-order valence-corrected chi connectivity index (χ1v) is 6.63. The van der Waals surface area contributed by atoms with Crippen molar-refractivity contribution in [3.63, 3.8) is 0 Å². The molecule has 1 rings (SSSR count). The van der Waals surface area contributed by atoms with Crippen LogP contribution in [0.4, 0.5) is 0 Å². The molecule has 15 heavy (non-hydrogen) atoms. The molecule has 0 saturated carbocycles. The van der Waals surface area contributed by atoms with Crippen LogP contribution in [0.1, 0.15) is 24.5 Å². The molecule has 0 bridgehead atoms. The van der Waals surface area contributed by atoms with E-state index in [1.54, 1.807) is 11.3 Å². The summed E-state index contributed by atoms with van der Waals surface area (Å²) in [6, 6.07) is 0. The second-order valence-corrected chi connectivity index (χ2v) is 5.77. The number of alkyl halides is 1. The highest BCUT2D eigenvalue weighted by Crippen LogP contribution is 2.12. The van der Waals surface area contributed by atoms with Crippen molar-refractivity contribution in [2.75, 3.05) is 0 Å². The average molecular weight is 291 g/mol. The van der Waals surface area contributed by atoms with Gasteiger partial charge >= 0.3 is 0 Å². The van der Waals surface area contributed by atoms with E-state index >= 15 is 0 Å². The number of aryl methyl sites for hydroxylation is 1. The van der Waals surface area contributed by atoms with E-state index in [1.807, 2.05) is 26.2 Å². The predicted molar refractivity (Wildman–Crippen MR) is 66.3 cm³/mol. The minimum absolute atomic E-state index is 0.0238. The van der Waals surface area contributed by atoms with E-state index in [0.29, 0.717) is 12.5 Å². The molecule has 3 nitrogen and oxygen atoms in total. The van der Waals surface area contributed by atoms with Crippen LogP contribution in [0.3, 0.4) is 0 Å². The molecule has 84 valence electrons. The number of nitrogens with zero attached hydrogens (tertiary/aromatic N) is 1. The third kappa shape index (κ3) is 3.91. The van der Waals surface area contributed by atoms with Crippen molar-refractivity contribution in [2.45, 2.75) is 32.1 Å². The monoisotopic (exact) mass is 290 g/mol. The van der Waals surface area contributed by atoms with Crippen LogP contribution in [-0.4, -0.2) is 15.7 Å². The normalized spacial score (nSPS) is 12.9. The zero-order valence-corrected chi connectivity index (χ0v) is 11.5. The lowest BCUT2D eigenvalue weighted by Gasteiger charge is -2.12. The Morgan fingerprint density at radius 3 is 2.80 bits per heavy atom. The zero-order valence-electron chi connectivity index (χ0n) is 9.08. The lowest BCUT2D eigenvalue weighted by Crippen LogP contribution is -2.33. The molecule has 1 N–H and O–H groups in total. The Morgan fingerprint density at radius 2 is 2.33 bits per heavy atom. The van der Waals surface area contributed by atoms with Crippen LogP contribution < -0.4 is 5.32 Å². The molecule has 0 aliphatic carbocycles. The Bertz CT molecular complexity index is 338. The Labute approximate surface area is 102 Å². The molecule has 0 aliphatic heterocycles. The van der Waals surface area contributed by atoms with Gasteiger partial charge in [0.2, 0.25) is 5.91 Å². The molecule has 1 aromatic rings. The van der Waals surface area contributed by atoms with Gasteiger partial charge in [-0.25, -0.2) is 4.98 Å². The van der Waals surface area contributed by atoms with Gasteiger partial charge in [0, 0.05) is 5.38 Å². The maximum atomic E-state index is 11.6. The van der Waals surface area contributed by atoms with Crippen molar-refractivity contribution in [3.05, 3.63) is 16.1 Å². The smallest absolute Gasteiger partial charge is 0.234 e. The van der Waals surface area contributed by atoms with E-state index < -0.39 is 0 Å². The van der Waals surface area contributed by atoms with Gasteiger partial charge in [-0.15, -0.1) is 11.3 Å². The van der Waals surface area contributed by atoms with Crippen molar-refractivity contribution < 1.29 is 4.79 Å². The molecule has 0 radical (unpaired) electrons. The molecule has 0 aliphatic rings. The van der Waals surface area contributed by atoms with E-state index in [1.165, 1.54) is 0 Å². The number of carbonyl (C=O) groups is 1. The van der Waals surface area contributed by atoms with Gasteiger partial charge in [0.1, 0.15) is 0 Å². The fourth-order valence-corrected chi connectivity index (χ4v) is 1.84. The number of rotatable bonds is 4. The number of hydrogen-bond acceptors (Lipinski definition) is 3. The van der Waals surface area contributed by atoms with Crippen LogP contribution in [0.15, 0.2) is 5.38 Å². The molecule has 1 atom stereocenters. The summed E-state index contributed by atoms with van der Waals surface area (Å²) >= 11 is 4.95. The number of thiazole rings is 1. The van der Waals surface area contributed by atoms with Crippen LogP contribution in [0.5, 0.6) is 0 Å². The molecule has 1 heterocycles. The minimum atomic E-state index is -0.128.